The number of hydrogen-bond donors (Lipinski definition) is 1. The second-order valence-corrected chi connectivity index (χ2v) is 6.62. The number of sulfone groups is 1. The van der Waals surface area contributed by atoms with Crippen LogP contribution in [0, 0.1) is 0 Å². The predicted octanol–water partition coefficient (Wildman–Crippen LogP) is 0.876. The largest absolute Gasteiger partial charge is 0.350 e. The van der Waals surface area contributed by atoms with Gasteiger partial charge in [-0.15, -0.1) is 19.2 Å². The van der Waals surface area contributed by atoms with Gasteiger partial charge in [0.1, 0.15) is 4.32 Å². The van der Waals surface area contributed by atoms with Crippen LogP contribution in [0.1, 0.15) is 6.42 Å². The summed E-state index contributed by atoms with van der Waals surface area (Å²) in [7, 11) is -2.86. The van der Waals surface area contributed by atoms with Crippen molar-refractivity contribution in [3.63, 3.8) is 0 Å². The van der Waals surface area contributed by atoms with E-state index in [0.717, 1.165) is 0 Å². The van der Waals surface area contributed by atoms with Gasteiger partial charge in [-0.05, 0) is 6.42 Å². The van der Waals surface area contributed by atoms with E-state index in [1.807, 2.05) is 0 Å². The van der Waals surface area contributed by atoms with E-state index in [2.05, 4.69) is 19.2 Å². The summed E-state index contributed by atoms with van der Waals surface area (Å²) in [5.74, 6) is 0.434. The van der Waals surface area contributed by atoms with Gasteiger partial charge >= 0.3 is 0 Å². The van der Waals surface area contributed by atoms with Crippen LogP contribution < -0.4 is 0 Å². The van der Waals surface area contributed by atoms with Crippen molar-refractivity contribution in [1.82, 2.24) is 4.90 Å². The molecule has 1 saturated heterocycles. The fourth-order valence-corrected chi connectivity index (χ4v) is 3.74. The monoisotopic (exact) mass is 251 g/mol. The van der Waals surface area contributed by atoms with Crippen molar-refractivity contribution >= 4 is 39.0 Å². The van der Waals surface area contributed by atoms with Gasteiger partial charge in [-0.1, -0.05) is 18.3 Å². The van der Waals surface area contributed by atoms with Crippen LogP contribution in [-0.2, 0) is 9.84 Å². The van der Waals surface area contributed by atoms with Crippen molar-refractivity contribution in [2.45, 2.75) is 12.5 Å². The van der Waals surface area contributed by atoms with E-state index < -0.39 is 9.84 Å². The van der Waals surface area contributed by atoms with Gasteiger partial charge in [-0.3, -0.25) is 0 Å². The van der Waals surface area contributed by atoms with E-state index in [0.29, 0.717) is 17.3 Å². The highest BCUT2D eigenvalue weighted by Gasteiger charge is 2.32. The maximum Gasteiger partial charge on any atom is 0.152 e. The van der Waals surface area contributed by atoms with Crippen LogP contribution >= 0.6 is 24.8 Å². The Hall–Kier alpha value is -0.0700. The summed E-state index contributed by atoms with van der Waals surface area (Å²) in [6.07, 6.45) is 2.34. The molecule has 6 heteroatoms. The minimum atomic E-state index is -2.86. The first-order valence-corrected chi connectivity index (χ1v) is 6.95. The molecule has 1 unspecified atom stereocenters. The van der Waals surface area contributed by atoms with Gasteiger partial charge in [0.05, 0.1) is 11.5 Å². The van der Waals surface area contributed by atoms with Crippen LogP contribution in [0.25, 0.3) is 0 Å². The summed E-state index contributed by atoms with van der Waals surface area (Å²) >= 11 is 9.02. The molecule has 1 atom stereocenters. The van der Waals surface area contributed by atoms with E-state index in [1.54, 1.807) is 11.0 Å². The fraction of sp³-hybridized carbons (Fsp3) is 0.625. The summed E-state index contributed by atoms with van der Waals surface area (Å²) < 4.78 is 22.9. The summed E-state index contributed by atoms with van der Waals surface area (Å²) in [5.41, 5.74) is 0. The van der Waals surface area contributed by atoms with E-state index in [-0.39, 0.29) is 17.5 Å². The lowest BCUT2D eigenvalue weighted by Crippen LogP contribution is -2.38. The second-order valence-electron chi connectivity index (χ2n) is 3.28. The van der Waals surface area contributed by atoms with Crippen LogP contribution in [0.15, 0.2) is 12.7 Å². The van der Waals surface area contributed by atoms with Crippen molar-refractivity contribution in [2.24, 2.45) is 0 Å². The molecule has 0 saturated carbocycles. The molecule has 0 bridgehead atoms. The Morgan fingerprint density at radius 3 is 2.71 bits per heavy atom. The second kappa shape index (κ2) is 4.63. The lowest BCUT2D eigenvalue weighted by molar-refractivity contribution is 0.377. The molecule has 1 aliphatic heterocycles. The van der Waals surface area contributed by atoms with Crippen molar-refractivity contribution < 1.29 is 8.42 Å². The number of thiocarbonyl (C=S) groups is 1. The van der Waals surface area contributed by atoms with Crippen LogP contribution in [0.3, 0.4) is 0 Å². The smallest absolute Gasteiger partial charge is 0.152 e. The first-order chi connectivity index (χ1) is 6.46. The lowest BCUT2D eigenvalue weighted by atomic mass is 10.2. The van der Waals surface area contributed by atoms with E-state index in [1.165, 1.54) is 0 Å². The van der Waals surface area contributed by atoms with Crippen molar-refractivity contribution in [1.29, 1.82) is 0 Å². The number of thiol groups is 1. The fourth-order valence-electron chi connectivity index (χ4n) is 1.54. The number of nitrogens with zero attached hydrogens (tertiary/aromatic N) is 1. The maximum atomic E-state index is 11.3. The zero-order valence-electron chi connectivity index (χ0n) is 7.72. The molecule has 1 aliphatic rings. The number of hydrogen-bond acceptors (Lipinski definition) is 3. The predicted molar refractivity (Wildman–Crippen MR) is 65.5 cm³/mol. The summed E-state index contributed by atoms with van der Waals surface area (Å²) in [5, 5.41) is 0. The third-order valence-corrected chi connectivity index (χ3v) is 4.46. The van der Waals surface area contributed by atoms with Gasteiger partial charge < -0.3 is 4.90 Å². The third-order valence-electron chi connectivity index (χ3n) is 2.22. The van der Waals surface area contributed by atoms with Crippen molar-refractivity contribution in [3.8, 4) is 0 Å². The minimum Gasteiger partial charge on any atom is -0.350 e. The molecule has 1 heterocycles. The molecule has 80 valence electrons. The van der Waals surface area contributed by atoms with Gasteiger partial charge in [-0.25, -0.2) is 8.42 Å². The lowest BCUT2D eigenvalue weighted by Gasteiger charge is -2.26. The molecule has 0 aromatic carbocycles. The van der Waals surface area contributed by atoms with Crippen molar-refractivity contribution in [2.75, 3.05) is 18.1 Å². The molecule has 14 heavy (non-hydrogen) atoms. The molecule has 0 spiro atoms. The molecule has 0 aromatic heterocycles. The van der Waals surface area contributed by atoms with Crippen LogP contribution in [-0.4, -0.2) is 41.7 Å². The van der Waals surface area contributed by atoms with Crippen LogP contribution in [0.2, 0.25) is 0 Å². The molecule has 0 amide bonds. The Morgan fingerprint density at radius 1 is 1.71 bits per heavy atom. The van der Waals surface area contributed by atoms with Gasteiger partial charge in [0, 0.05) is 12.6 Å². The van der Waals surface area contributed by atoms with E-state index in [9.17, 15) is 8.42 Å². The topological polar surface area (TPSA) is 37.4 Å². The molecule has 0 N–H and O–H groups in total. The zero-order chi connectivity index (χ0) is 10.8. The SMILES string of the molecule is C=CCN(C(=S)S)C1CCS(=O)(=O)C1. The van der Waals surface area contributed by atoms with E-state index in [4.69, 9.17) is 12.2 Å². The number of rotatable bonds is 3. The zero-order valence-corrected chi connectivity index (χ0v) is 10.2. The highest BCUT2D eigenvalue weighted by atomic mass is 32.2. The Bertz CT molecular complexity index is 336. The Labute approximate surface area is 95.5 Å². The molecule has 0 aliphatic carbocycles. The molecular weight excluding hydrogens is 238 g/mol. The maximum absolute atomic E-state index is 11.3. The highest BCUT2D eigenvalue weighted by Crippen LogP contribution is 2.19. The molecule has 1 rings (SSSR count). The highest BCUT2D eigenvalue weighted by molar-refractivity contribution is 8.10. The first-order valence-electron chi connectivity index (χ1n) is 4.27. The van der Waals surface area contributed by atoms with E-state index >= 15 is 0 Å². The Balaban J connectivity index is 2.72. The van der Waals surface area contributed by atoms with Gasteiger partial charge in [0.15, 0.2) is 9.84 Å². The summed E-state index contributed by atoms with van der Waals surface area (Å²) in [6, 6.07) is -0.0250. The molecular formula is C8H13NO2S3. The average Bonchev–Trinajstić information content (AvgIpc) is 2.41. The van der Waals surface area contributed by atoms with Crippen molar-refractivity contribution in [3.05, 3.63) is 12.7 Å². The molecule has 1 fully saturated rings. The quantitative estimate of drug-likeness (QED) is 0.459. The van der Waals surface area contributed by atoms with Gasteiger partial charge in [0.25, 0.3) is 0 Å². The normalized spacial score (nSPS) is 24.5. The minimum absolute atomic E-state index is 0.0250. The van der Waals surface area contributed by atoms with Gasteiger partial charge in [0.2, 0.25) is 0 Å². The van der Waals surface area contributed by atoms with Gasteiger partial charge in [-0.2, -0.15) is 0 Å². The van der Waals surface area contributed by atoms with Crippen LogP contribution in [0.4, 0.5) is 0 Å². The Kier molecular flexibility index (Phi) is 3.97. The molecule has 0 aromatic rings. The Morgan fingerprint density at radius 2 is 2.36 bits per heavy atom. The molecule has 0 radical (unpaired) electrons. The first kappa shape index (κ1) is 12.0. The third kappa shape index (κ3) is 2.96. The molecule has 3 nitrogen and oxygen atoms in total. The summed E-state index contributed by atoms with van der Waals surface area (Å²) in [6.45, 7) is 4.16. The van der Waals surface area contributed by atoms with Crippen LogP contribution in [0.5, 0.6) is 0 Å². The average molecular weight is 251 g/mol. The summed E-state index contributed by atoms with van der Waals surface area (Å²) in [4.78, 5) is 1.80. The standard InChI is InChI=1S/C8H13NO2S3/c1-2-4-9(8(12)13)7-3-5-14(10,11)6-7/h2,7H,1,3-6H2,(H,12,13).